The topological polar surface area (TPSA) is 118 Å². The molecule has 2 aliphatic heterocycles. The molecule has 12 nitrogen and oxygen atoms in total. The molecule has 2 fully saturated rings. The van der Waals surface area contributed by atoms with Crippen LogP contribution in [0.4, 0.5) is 5.95 Å². The van der Waals surface area contributed by atoms with Crippen LogP contribution in [0, 0.1) is 11.3 Å². The van der Waals surface area contributed by atoms with Crippen LogP contribution in [0.2, 0.25) is 0 Å². The van der Waals surface area contributed by atoms with Crippen molar-refractivity contribution in [2.24, 2.45) is 0 Å². The molecule has 1 atom stereocenters. The number of nitriles is 1. The zero-order valence-electron chi connectivity index (χ0n) is 28.6. The minimum atomic E-state index is -0.192. The summed E-state index contributed by atoms with van der Waals surface area (Å²) in [5.74, 6) is 2.29. The van der Waals surface area contributed by atoms with Crippen LogP contribution in [-0.4, -0.2) is 111 Å². The molecule has 2 aliphatic rings. The SMILES string of the molecule is COc1cc(C(=O)N2CCC(CCN3CCCN(c4nc5ccccc5n4CCOCC#N)CC3)(c3ccncc3)C2)cc(OC)c1OC. The Morgan fingerprint density at radius 2 is 1.71 bits per heavy atom. The maximum absolute atomic E-state index is 13.9. The summed E-state index contributed by atoms with van der Waals surface area (Å²) in [6, 6.07) is 17.9. The van der Waals surface area contributed by atoms with Gasteiger partial charge < -0.3 is 38.2 Å². The number of carbonyl (C=O) groups is 1. The molecule has 1 unspecified atom stereocenters. The van der Waals surface area contributed by atoms with Gasteiger partial charge in [-0.25, -0.2) is 4.98 Å². The van der Waals surface area contributed by atoms with Crippen LogP contribution in [0.1, 0.15) is 35.2 Å². The van der Waals surface area contributed by atoms with Crippen molar-refractivity contribution in [1.29, 1.82) is 5.26 Å². The van der Waals surface area contributed by atoms with Gasteiger partial charge in [-0.2, -0.15) is 5.26 Å². The van der Waals surface area contributed by atoms with Crippen molar-refractivity contribution in [3.8, 4) is 23.3 Å². The second-order valence-corrected chi connectivity index (χ2v) is 12.6. The summed E-state index contributed by atoms with van der Waals surface area (Å²) >= 11 is 0. The molecule has 4 heterocycles. The molecule has 0 aliphatic carbocycles. The van der Waals surface area contributed by atoms with Gasteiger partial charge in [0.2, 0.25) is 11.7 Å². The molecule has 4 aromatic rings. The van der Waals surface area contributed by atoms with E-state index in [1.807, 2.05) is 41.6 Å². The van der Waals surface area contributed by atoms with Crippen molar-refractivity contribution >= 4 is 22.9 Å². The van der Waals surface area contributed by atoms with Gasteiger partial charge in [0.05, 0.1) is 45.0 Å². The normalized spacial score (nSPS) is 18.3. The largest absolute Gasteiger partial charge is 0.493 e. The van der Waals surface area contributed by atoms with E-state index >= 15 is 0 Å². The Balaban J connectivity index is 1.16. The number of hydrogen-bond donors (Lipinski definition) is 0. The number of fused-ring (bicyclic) bond motifs is 1. The van der Waals surface area contributed by atoms with Crippen molar-refractivity contribution < 1.29 is 23.7 Å². The quantitative estimate of drug-likeness (QED) is 0.190. The molecule has 12 heteroatoms. The molecule has 0 spiro atoms. The van der Waals surface area contributed by atoms with Gasteiger partial charge in [0.15, 0.2) is 11.5 Å². The van der Waals surface area contributed by atoms with E-state index in [1.165, 1.54) is 5.56 Å². The highest BCUT2D eigenvalue weighted by Gasteiger charge is 2.42. The molecule has 6 rings (SSSR count). The van der Waals surface area contributed by atoms with Crippen LogP contribution >= 0.6 is 0 Å². The number of imidazole rings is 1. The van der Waals surface area contributed by atoms with Crippen LogP contribution < -0.4 is 19.1 Å². The summed E-state index contributed by atoms with van der Waals surface area (Å²) in [6.45, 7) is 7.02. The first kappa shape index (κ1) is 34.0. The maximum Gasteiger partial charge on any atom is 0.254 e. The van der Waals surface area contributed by atoms with Crippen LogP contribution in [0.3, 0.4) is 0 Å². The zero-order valence-corrected chi connectivity index (χ0v) is 28.6. The minimum absolute atomic E-state index is 0.0542. The molecule has 2 aromatic heterocycles. The van der Waals surface area contributed by atoms with Gasteiger partial charge in [0.1, 0.15) is 6.61 Å². The first-order valence-electron chi connectivity index (χ1n) is 16.9. The Morgan fingerprint density at radius 1 is 0.939 bits per heavy atom. The van der Waals surface area contributed by atoms with Crippen molar-refractivity contribution in [2.45, 2.75) is 31.2 Å². The zero-order chi connectivity index (χ0) is 34.2. The molecule has 0 N–H and O–H groups in total. The minimum Gasteiger partial charge on any atom is -0.493 e. The predicted molar refractivity (Wildman–Crippen MR) is 187 cm³/mol. The highest BCUT2D eigenvalue weighted by Crippen LogP contribution is 2.41. The van der Waals surface area contributed by atoms with Crippen LogP contribution in [0.5, 0.6) is 17.2 Å². The fourth-order valence-electron chi connectivity index (χ4n) is 7.29. The van der Waals surface area contributed by atoms with Crippen molar-refractivity contribution in [3.63, 3.8) is 0 Å². The number of amides is 1. The van der Waals surface area contributed by atoms with Crippen LogP contribution in [0.25, 0.3) is 11.0 Å². The van der Waals surface area contributed by atoms with Gasteiger partial charge in [-0.1, -0.05) is 12.1 Å². The lowest BCUT2D eigenvalue weighted by Gasteiger charge is -2.33. The molecule has 0 radical (unpaired) electrons. The number of hydrogen-bond acceptors (Lipinski definition) is 10. The second kappa shape index (κ2) is 15.6. The fourth-order valence-corrected chi connectivity index (χ4v) is 7.29. The van der Waals surface area contributed by atoms with Gasteiger partial charge in [0, 0.05) is 62.6 Å². The first-order chi connectivity index (χ1) is 24.0. The molecule has 2 aromatic carbocycles. The van der Waals surface area contributed by atoms with Crippen molar-refractivity contribution in [2.75, 3.05) is 85.3 Å². The summed E-state index contributed by atoms with van der Waals surface area (Å²) in [5.41, 5.74) is 3.57. The third kappa shape index (κ3) is 7.28. The third-order valence-electron chi connectivity index (χ3n) is 9.88. The molecule has 0 saturated carbocycles. The van der Waals surface area contributed by atoms with Gasteiger partial charge in [-0.05, 0) is 74.3 Å². The summed E-state index contributed by atoms with van der Waals surface area (Å²) in [4.78, 5) is 30.1. The monoisotopic (exact) mass is 667 g/mol. The van der Waals surface area contributed by atoms with Gasteiger partial charge >= 0.3 is 0 Å². The Morgan fingerprint density at radius 3 is 2.45 bits per heavy atom. The number of anilines is 1. The van der Waals surface area contributed by atoms with Crippen LogP contribution in [0.15, 0.2) is 60.9 Å². The van der Waals surface area contributed by atoms with Crippen molar-refractivity contribution in [3.05, 3.63) is 72.1 Å². The van der Waals surface area contributed by atoms with E-state index in [2.05, 4.69) is 37.5 Å². The second-order valence-electron chi connectivity index (χ2n) is 12.6. The number of methoxy groups -OCH3 is 3. The average Bonchev–Trinajstić information content (AvgIpc) is 3.67. The van der Waals surface area contributed by atoms with E-state index in [0.717, 1.165) is 69.0 Å². The standard InChI is InChI=1S/C37H45N7O5/c1-46-32-25-28(26-33(47-2)34(32)48-3)35(45)43-19-12-37(27-43,29-9-14-39-15-10-29)11-18-41-16-6-17-42(21-20-41)36-40-30-7-4-5-8-31(30)44(36)22-24-49-23-13-38/h4-5,7-10,14-15,25-26H,6,11-12,16-24,27H2,1-3H3. The summed E-state index contributed by atoms with van der Waals surface area (Å²) < 4.78 is 24.3. The van der Waals surface area contributed by atoms with Crippen molar-refractivity contribution in [1.82, 2.24) is 24.3 Å². The summed E-state index contributed by atoms with van der Waals surface area (Å²) in [6.07, 6.45) is 6.50. The summed E-state index contributed by atoms with van der Waals surface area (Å²) in [5, 5.41) is 8.90. The number of ether oxygens (including phenoxy) is 4. The summed E-state index contributed by atoms with van der Waals surface area (Å²) in [7, 11) is 4.67. The van der Waals surface area contributed by atoms with Gasteiger partial charge in [-0.15, -0.1) is 0 Å². The smallest absolute Gasteiger partial charge is 0.254 e. The fraction of sp³-hybridized carbons (Fsp3) is 0.459. The number of para-hydroxylation sites is 2. The molecule has 2 saturated heterocycles. The number of nitrogens with zero attached hydrogens (tertiary/aromatic N) is 7. The molecule has 1 amide bonds. The number of benzene rings is 2. The first-order valence-corrected chi connectivity index (χ1v) is 16.9. The Bertz CT molecular complexity index is 1750. The Hall–Kier alpha value is -4.86. The molecule has 0 bridgehead atoms. The number of rotatable bonds is 13. The average molecular weight is 668 g/mol. The highest BCUT2D eigenvalue weighted by atomic mass is 16.5. The van der Waals surface area contributed by atoms with Gasteiger partial charge in [-0.3, -0.25) is 9.78 Å². The number of pyridine rings is 1. The molecule has 49 heavy (non-hydrogen) atoms. The third-order valence-corrected chi connectivity index (χ3v) is 9.88. The number of likely N-dealkylation sites (tertiary alicyclic amines) is 1. The van der Waals surface area contributed by atoms with Gasteiger partial charge in [0.25, 0.3) is 5.91 Å². The van der Waals surface area contributed by atoms with E-state index in [1.54, 1.807) is 33.5 Å². The number of aromatic nitrogens is 3. The lowest BCUT2D eigenvalue weighted by molar-refractivity contribution is 0.0780. The molecule has 258 valence electrons. The lowest BCUT2D eigenvalue weighted by atomic mass is 9.77. The number of carbonyl (C=O) groups excluding carboxylic acids is 1. The Kier molecular flexibility index (Phi) is 10.8. The van der Waals surface area contributed by atoms with E-state index in [9.17, 15) is 4.79 Å². The van der Waals surface area contributed by atoms with Crippen LogP contribution in [-0.2, 0) is 16.7 Å². The Labute approximate surface area is 287 Å². The van der Waals surface area contributed by atoms with E-state index in [-0.39, 0.29) is 17.9 Å². The van der Waals surface area contributed by atoms with E-state index in [0.29, 0.717) is 49.1 Å². The maximum atomic E-state index is 13.9. The highest BCUT2D eigenvalue weighted by molar-refractivity contribution is 5.96. The molecular weight excluding hydrogens is 622 g/mol. The van der Waals surface area contributed by atoms with E-state index < -0.39 is 0 Å². The lowest BCUT2D eigenvalue weighted by Crippen LogP contribution is -2.39. The molecular formula is C37H45N7O5. The van der Waals surface area contributed by atoms with E-state index in [4.69, 9.17) is 29.2 Å². The predicted octanol–water partition coefficient (Wildman–Crippen LogP) is 4.38.